The maximum Gasteiger partial charge on any atom is 0.247 e. The van der Waals surface area contributed by atoms with E-state index >= 15 is 0 Å². The van der Waals surface area contributed by atoms with Crippen LogP contribution in [-0.4, -0.2) is 43.5 Å². The summed E-state index contributed by atoms with van der Waals surface area (Å²) in [7, 11) is 0. The number of hydrogen-bond donors (Lipinski definition) is 1. The molecule has 0 saturated carbocycles. The van der Waals surface area contributed by atoms with E-state index in [1.54, 1.807) is 43.3 Å². The molecule has 136 valence electrons. The van der Waals surface area contributed by atoms with Crippen LogP contribution in [0.1, 0.15) is 12.5 Å². The Morgan fingerprint density at radius 1 is 1.30 bits per heavy atom. The average molecular weight is 379 g/mol. The lowest BCUT2D eigenvalue weighted by molar-refractivity contribution is -0.116. The van der Waals surface area contributed by atoms with Crippen LogP contribution in [0.4, 0.5) is 5.82 Å². The predicted molar refractivity (Wildman–Crippen MR) is 106 cm³/mol. The highest BCUT2D eigenvalue weighted by Gasteiger charge is 2.09. The monoisotopic (exact) mass is 379 g/mol. The van der Waals surface area contributed by atoms with Gasteiger partial charge in [-0.1, -0.05) is 0 Å². The van der Waals surface area contributed by atoms with E-state index in [-0.39, 0.29) is 12.5 Å². The van der Waals surface area contributed by atoms with Crippen molar-refractivity contribution in [3.63, 3.8) is 0 Å². The minimum atomic E-state index is -0.255. The lowest BCUT2D eigenvalue weighted by Crippen LogP contribution is -2.26. The van der Waals surface area contributed by atoms with Crippen LogP contribution in [0.2, 0.25) is 0 Å². The zero-order chi connectivity index (χ0) is 19.1. The zero-order valence-electron chi connectivity index (χ0n) is 14.6. The van der Waals surface area contributed by atoms with Crippen molar-refractivity contribution >= 4 is 35.5 Å². The van der Waals surface area contributed by atoms with E-state index in [0.717, 1.165) is 16.7 Å². The fraction of sp³-hybridized carbons (Fsp3) is 0.111. The molecule has 0 fully saturated rings. The van der Waals surface area contributed by atoms with Crippen molar-refractivity contribution in [1.82, 2.24) is 24.3 Å². The standard InChI is InChI=1S/C18H17N7OS/c1-13(15-8-23-27-12-15)10-25(19-2)11-18(26)24-17-4-3-14(7-22-17)16-9-20-5-6-21-16/h3-10,12H,2,11H2,1H3,(H,22,24,26)/b13-10+. The number of hydrazone groups is 1. The summed E-state index contributed by atoms with van der Waals surface area (Å²) in [6, 6.07) is 3.54. The normalized spacial score (nSPS) is 11.1. The lowest BCUT2D eigenvalue weighted by atomic mass is 10.2. The minimum Gasteiger partial charge on any atom is -0.309 e. The Kier molecular flexibility index (Phi) is 5.95. The third-order valence-corrected chi connectivity index (χ3v) is 4.19. The quantitative estimate of drug-likeness (QED) is 0.501. The van der Waals surface area contributed by atoms with E-state index in [2.05, 4.69) is 36.5 Å². The summed E-state index contributed by atoms with van der Waals surface area (Å²) < 4.78 is 4.06. The van der Waals surface area contributed by atoms with Crippen LogP contribution in [0.25, 0.3) is 16.8 Å². The predicted octanol–water partition coefficient (Wildman–Crippen LogP) is 2.91. The number of amides is 1. The van der Waals surface area contributed by atoms with Crippen LogP contribution in [-0.2, 0) is 4.79 Å². The Labute approximate surface area is 160 Å². The number of carbonyl (C=O) groups excluding carboxylic acids is 1. The highest BCUT2D eigenvalue weighted by atomic mass is 32.1. The van der Waals surface area contributed by atoms with Crippen molar-refractivity contribution in [1.29, 1.82) is 0 Å². The lowest BCUT2D eigenvalue weighted by Gasteiger charge is -2.14. The number of rotatable bonds is 7. The molecule has 3 aromatic heterocycles. The van der Waals surface area contributed by atoms with Crippen molar-refractivity contribution in [3.8, 4) is 11.3 Å². The maximum absolute atomic E-state index is 12.3. The summed E-state index contributed by atoms with van der Waals surface area (Å²) in [5.74, 6) is 0.189. The van der Waals surface area contributed by atoms with Crippen LogP contribution >= 0.6 is 11.5 Å². The Bertz CT molecular complexity index is 924. The van der Waals surface area contributed by atoms with Gasteiger partial charge in [-0.25, -0.2) is 9.36 Å². The fourth-order valence-electron chi connectivity index (χ4n) is 2.23. The molecule has 0 aromatic carbocycles. The third-order valence-electron chi connectivity index (χ3n) is 3.61. The van der Waals surface area contributed by atoms with Crippen LogP contribution in [0.15, 0.2) is 59.8 Å². The van der Waals surface area contributed by atoms with Crippen molar-refractivity contribution in [2.75, 3.05) is 11.9 Å². The minimum absolute atomic E-state index is 0.0198. The van der Waals surface area contributed by atoms with E-state index in [9.17, 15) is 4.79 Å². The first-order chi connectivity index (χ1) is 13.2. The van der Waals surface area contributed by atoms with Gasteiger partial charge in [0.1, 0.15) is 12.4 Å². The van der Waals surface area contributed by atoms with E-state index in [1.165, 1.54) is 16.5 Å². The van der Waals surface area contributed by atoms with Gasteiger partial charge >= 0.3 is 0 Å². The van der Waals surface area contributed by atoms with E-state index in [1.807, 2.05) is 18.4 Å². The molecule has 0 spiro atoms. The number of hydrogen-bond acceptors (Lipinski definition) is 8. The van der Waals surface area contributed by atoms with Gasteiger partial charge in [-0.15, -0.1) is 0 Å². The molecule has 0 aliphatic heterocycles. The van der Waals surface area contributed by atoms with Crippen molar-refractivity contribution < 1.29 is 4.79 Å². The molecule has 1 amide bonds. The van der Waals surface area contributed by atoms with Gasteiger partial charge in [-0.05, 0) is 36.2 Å². The first kappa shape index (κ1) is 18.3. The van der Waals surface area contributed by atoms with E-state index in [4.69, 9.17) is 0 Å². The number of carbonyl (C=O) groups is 1. The molecule has 3 rings (SSSR count). The van der Waals surface area contributed by atoms with Crippen molar-refractivity contribution in [3.05, 3.63) is 60.3 Å². The van der Waals surface area contributed by atoms with Crippen molar-refractivity contribution in [2.24, 2.45) is 5.10 Å². The second-order valence-electron chi connectivity index (χ2n) is 5.54. The first-order valence-corrected chi connectivity index (χ1v) is 8.83. The van der Waals surface area contributed by atoms with Gasteiger partial charge < -0.3 is 5.32 Å². The summed E-state index contributed by atoms with van der Waals surface area (Å²) in [4.78, 5) is 24.7. The molecule has 0 aliphatic carbocycles. The molecule has 9 heteroatoms. The molecule has 0 radical (unpaired) electrons. The third kappa shape index (κ3) is 5.02. The molecule has 0 bridgehead atoms. The van der Waals surface area contributed by atoms with Crippen LogP contribution in [0.5, 0.6) is 0 Å². The van der Waals surface area contributed by atoms with Gasteiger partial charge in [0.05, 0.1) is 11.9 Å². The van der Waals surface area contributed by atoms with Gasteiger partial charge in [-0.3, -0.25) is 19.8 Å². The molecule has 27 heavy (non-hydrogen) atoms. The highest BCUT2D eigenvalue weighted by molar-refractivity contribution is 7.03. The van der Waals surface area contributed by atoms with Crippen LogP contribution in [0.3, 0.4) is 0 Å². The molecule has 3 aromatic rings. The topological polar surface area (TPSA) is 96.3 Å². The Hall–Kier alpha value is -3.46. The first-order valence-electron chi connectivity index (χ1n) is 7.99. The molecular weight excluding hydrogens is 362 g/mol. The smallest absolute Gasteiger partial charge is 0.247 e. The Morgan fingerprint density at radius 2 is 2.19 bits per heavy atom. The SMILES string of the molecule is C=NN(/C=C(\C)c1cnsc1)CC(=O)Nc1ccc(-c2cnccn2)cn1. The highest BCUT2D eigenvalue weighted by Crippen LogP contribution is 2.17. The fourth-order valence-corrected chi connectivity index (χ4v) is 2.83. The molecule has 8 nitrogen and oxygen atoms in total. The number of allylic oxidation sites excluding steroid dienone is 1. The number of pyridine rings is 1. The molecule has 0 aliphatic rings. The van der Waals surface area contributed by atoms with Crippen LogP contribution < -0.4 is 5.32 Å². The number of nitrogens with zero attached hydrogens (tertiary/aromatic N) is 6. The van der Waals surface area contributed by atoms with Gasteiger partial charge in [0.2, 0.25) is 5.91 Å². The second-order valence-corrected chi connectivity index (χ2v) is 6.19. The van der Waals surface area contributed by atoms with E-state index in [0.29, 0.717) is 11.5 Å². The molecule has 1 N–H and O–H groups in total. The molecular formula is C18H17N7OS. The van der Waals surface area contributed by atoms with Gasteiger partial charge in [0.15, 0.2) is 0 Å². The molecule has 0 unspecified atom stereocenters. The number of nitrogens with one attached hydrogen (secondary N) is 1. The average Bonchev–Trinajstić information content (AvgIpc) is 3.23. The Balaban J connectivity index is 1.61. The summed E-state index contributed by atoms with van der Waals surface area (Å²) in [6.45, 7) is 5.45. The molecule has 3 heterocycles. The Morgan fingerprint density at radius 3 is 2.81 bits per heavy atom. The summed E-state index contributed by atoms with van der Waals surface area (Å²) in [6.07, 6.45) is 10.0. The summed E-state index contributed by atoms with van der Waals surface area (Å²) >= 11 is 1.37. The number of aromatic nitrogens is 4. The second kappa shape index (κ2) is 8.77. The maximum atomic E-state index is 12.3. The van der Waals surface area contributed by atoms with Crippen molar-refractivity contribution in [2.45, 2.75) is 6.92 Å². The van der Waals surface area contributed by atoms with Gasteiger partial charge in [0, 0.05) is 54.2 Å². The van der Waals surface area contributed by atoms with Gasteiger partial charge in [-0.2, -0.15) is 5.10 Å². The summed E-state index contributed by atoms with van der Waals surface area (Å²) in [5, 5.41) is 10.00. The van der Waals surface area contributed by atoms with E-state index < -0.39 is 0 Å². The van der Waals surface area contributed by atoms with Crippen LogP contribution in [0, 0.1) is 0 Å². The zero-order valence-corrected chi connectivity index (χ0v) is 15.4. The molecule has 0 atom stereocenters. The largest absolute Gasteiger partial charge is 0.309 e. The summed E-state index contributed by atoms with van der Waals surface area (Å²) in [5.41, 5.74) is 3.46. The van der Waals surface area contributed by atoms with Gasteiger partial charge in [0.25, 0.3) is 0 Å². The molecule has 0 saturated heterocycles. The number of anilines is 1.